The molecule has 0 spiro atoms. The van der Waals surface area contributed by atoms with E-state index in [2.05, 4.69) is 16.5 Å². The maximum absolute atomic E-state index is 16.2. The Labute approximate surface area is 261 Å². The van der Waals surface area contributed by atoms with Crippen LogP contribution in [0.2, 0.25) is 0 Å². The summed E-state index contributed by atoms with van der Waals surface area (Å²) in [6, 6.07) is 7.79. The SMILES string of the molecule is C=CC(=O)N1CCN(c2nc(=O)n3c4nc(c(F)cc24)-c2c(F)cccc2SCCCSc2ccnc(C(C)C)c2-3)C2C[C@H]21. The van der Waals surface area contributed by atoms with Gasteiger partial charge in [-0.2, -0.15) is 4.98 Å². The molecule has 1 aromatic carbocycles. The summed E-state index contributed by atoms with van der Waals surface area (Å²) in [7, 11) is 0. The lowest BCUT2D eigenvalue weighted by Gasteiger charge is -2.35. The van der Waals surface area contributed by atoms with E-state index in [0.29, 0.717) is 52.7 Å². The van der Waals surface area contributed by atoms with Crippen LogP contribution in [0.1, 0.15) is 38.3 Å². The van der Waals surface area contributed by atoms with Crippen LogP contribution in [0.15, 0.2) is 63.8 Å². The molecule has 1 saturated heterocycles. The van der Waals surface area contributed by atoms with Gasteiger partial charge in [0.15, 0.2) is 11.5 Å². The van der Waals surface area contributed by atoms with Crippen molar-refractivity contribution in [1.82, 2.24) is 24.4 Å². The third-order valence-corrected chi connectivity index (χ3v) is 10.6. The van der Waals surface area contributed by atoms with Crippen molar-refractivity contribution in [1.29, 1.82) is 0 Å². The van der Waals surface area contributed by atoms with Gasteiger partial charge in [-0.1, -0.05) is 26.5 Å². The Morgan fingerprint density at radius 3 is 2.64 bits per heavy atom. The summed E-state index contributed by atoms with van der Waals surface area (Å²) in [6.07, 6.45) is 4.56. The van der Waals surface area contributed by atoms with Gasteiger partial charge in [0.05, 0.1) is 34.4 Å². The van der Waals surface area contributed by atoms with Crippen molar-refractivity contribution in [3.05, 3.63) is 77.0 Å². The molecular formula is C32H30F2N6O2S2. The van der Waals surface area contributed by atoms with Crippen LogP contribution < -0.4 is 10.6 Å². The first-order valence-corrected chi connectivity index (χ1v) is 16.6. The lowest BCUT2D eigenvalue weighted by molar-refractivity contribution is -0.126. The molecule has 1 unspecified atom stereocenters. The van der Waals surface area contributed by atoms with E-state index >= 15 is 8.78 Å². The van der Waals surface area contributed by atoms with E-state index < -0.39 is 17.3 Å². The van der Waals surface area contributed by atoms with Crippen molar-refractivity contribution in [2.24, 2.45) is 0 Å². The molecule has 0 radical (unpaired) electrons. The molecule has 2 atom stereocenters. The Balaban J connectivity index is 1.53. The number of halogens is 2. The molecule has 5 heterocycles. The highest BCUT2D eigenvalue weighted by Crippen LogP contribution is 2.43. The zero-order valence-electron chi connectivity index (χ0n) is 24.3. The minimum absolute atomic E-state index is 0.0424. The fourth-order valence-electron chi connectivity index (χ4n) is 6.23. The summed E-state index contributed by atoms with van der Waals surface area (Å²) in [5.74, 6) is 0.305. The minimum Gasteiger partial charge on any atom is -0.349 e. The van der Waals surface area contributed by atoms with Gasteiger partial charge in [-0.3, -0.25) is 9.78 Å². The zero-order valence-corrected chi connectivity index (χ0v) is 25.9. The van der Waals surface area contributed by atoms with E-state index in [9.17, 15) is 9.59 Å². The number of amides is 1. The van der Waals surface area contributed by atoms with Crippen molar-refractivity contribution in [3.8, 4) is 16.9 Å². The fraction of sp³-hybridized carbons (Fsp3) is 0.344. The quantitative estimate of drug-likeness (QED) is 0.262. The van der Waals surface area contributed by atoms with Crippen molar-refractivity contribution in [3.63, 3.8) is 0 Å². The van der Waals surface area contributed by atoms with Gasteiger partial charge < -0.3 is 9.80 Å². The molecule has 1 aliphatic carbocycles. The van der Waals surface area contributed by atoms with Crippen molar-refractivity contribution < 1.29 is 13.6 Å². The van der Waals surface area contributed by atoms with Crippen LogP contribution in [0.5, 0.6) is 0 Å². The molecule has 1 saturated carbocycles. The van der Waals surface area contributed by atoms with Gasteiger partial charge in [0.2, 0.25) is 5.91 Å². The predicted molar refractivity (Wildman–Crippen MR) is 170 cm³/mol. The van der Waals surface area contributed by atoms with E-state index in [1.165, 1.54) is 34.5 Å². The number of rotatable bonds is 3. The summed E-state index contributed by atoms with van der Waals surface area (Å²) in [5.41, 5.74) is 0.795. The standard InChI is InChI=1S/C32H30F2N6O2S2/c1-4-25(41)38-11-12-39(22-16-21(22)38)30-18-15-20(34)28-26-19(33)7-5-8-23(26)43-13-6-14-44-24-9-10-35-27(17(2)3)29(24)40(31(18)36-28)32(42)37-30/h4-5,7-10,15,17,21-22H,1,6,11-14,16H2,2-3H3/t21-,22?/m1/s1. The first-order valence-electron chi connectivity index (χ1n) is 14.6. The largest absolute Gasteiger partial charge is 0.355 e. The molecule has 12 heteroatoms. The molecule has 226 valence electrons. The number of aromatic nitrogens is 4. The number of piperazine rings is 1. The van der Waals surface area contributed by atoms with E-state index in [0.717, 1.165) is 17.1 Å². The van der Waals surface area contributed by atoms with Gasteiger partial charge in [0.1, 0.15) is 17.3 Å². The average molecular weight is 633 g/mol. The molecule has 8 nitrogen and oxygen atoms in total. The van der Waals surface area contributed by atoms with Crippen molar-refractivity contribution in [2.75, 3.05) is 29.5 Å². The van der Waals surface area contributed by atoms with Gasteiger partial charge in [-0.25, -0.2) is 23.1 Å². The van der Waals surface area contributed by atoms with Gasteiger partial charge in [-0.05, 0) is 60.6 Å². The van der Waals surface area contributed by atoms with Crippen LogP contribution in [0.25, 0.3) is 28.0 Å². The molecule has 2 aliphatic heterocycles. The van der Waals surface area contributed by atoms with E-state index in [-0.39, 0.29) is 40.8 Å². The Hall–Kier alpha value is -3.77. The smallest absolute Gasteiger partial charge is 0.349 e. The topological polar surface area (TPSA) is 84.2 Å². The van der Waals surface area contributed by atoms with Crippen molar-refractivity contribution >= 4 is 46.3 Å². The number of benzene rings is 1. The van der Waals surface area contributed by atoms with Crippen LogP contribution in [0, 0.1) is 11.6 Å². The summed E-state index contributed by atoms with van der Waals surface area (Å²) in [5, 5.41) is 0.343. The number of carbonyl (C=O) groups is 1. The minimum atomic E-state index is -0.703. The molecule has 3 aliphatic rings. The molecule has 7 rings (SSSR count). The highest BCUT2D eigenvalue weighted by Gasteiger charge is 2.51. The number of anilines is 1. The molecule has 3 aromatic heterocycles. The highest BCUT2D eigenvalue weighted by molar-refractivity contribution is 8.00. The molecule has 2 fully saturated rings. The second kappa shape index (κ2) is 11.3. The van der Waals surface area contributed by atoms with Crippen LogP contribution in [-0.2, 0) is 4.79 Å². The molecule has 4 aromatic rings. The molecule has 0 N–H and O–H groups in total. The lowest BCUT2D eigenvalue weighted by atomic mass is 10.1. The fourth-order valence-corrected chi connectivity index (χ4v) is 8.44. The van der Waals surface area contributed by atoms with Crippen molar-refractivity contribution in [2.45, 2.75) is 54.5 Å². The van der Waals surface area contributed by atoms with Crippen LogP contribution in [-0.4, -0.2) is 67.0 Å². The summed E-state index contributed by atoms with van der Waals surface area (Å²) >= 11 is 3.08. The average Bonchev–Trinajstić information content (AvgIpc) is 3.81. The van der Waals surface area contributed by atoms with Gasteiger partial charge in [0, 0.05) is 29.1 Å². The lowest BCUT2D eigenvalue weighted by Crippen LogP contribution is -2.49. The maximum Gasteiger partial charge on any atom is 0.355 e. The normalized spacial score (nSPS) is 19.5. The maximum atomic E-state index is 16.2. The Morgan fingerprint density at radius 2 is 1.86 bits per heavy atom. The number of pyridine rings is 2. The highest BCUT2D eigenvalue weighted by atomic mass is 32.2. The first kappa shape index (κ1) is 29.0. The molecule has 2 bridgehead atoms. The Morgan fingerprint density at radius 1 is 1.07 bits per heavy atom. The number of hydrogen-bond acceptors (Lipinski definition) is 8. The second-order valence-corrected chi connectivity index (χ2v) is 13.7. The number of nitrogens with zero attached hydrogens (tertiary/aromatic N) is 6. The van der Waals surface area contributed by atoms with Crippen LogP contribution in [0.3, 0.4) is 0 Å². The number of carbonyl (C=O) groups excluding carboxylic acids is 1. The monoisotopic (exact) mass is 632 g/mol. The molecular weight excluding hydrogens is 603 g/mol. The van der Waals surface area contributed by atoms with Gasteiger partial charge >= 0.3 is 5.69 Å². The first-order chi connectivity index (χ1) is 21.3. The predicted octanol–water partition coefficient (Wildman–Crippen LogP) is 5.81. The summed E-state index contributed by atoms with van der Waals surface area (Å²) < 4.78 is 33.2. The van der Waals surface area contributed by atoms with E-state index in [1.807, 2.05) is 24.8 Å². The third kappa shape index (κ3) is 4.79. The molecule has 1 amide bonds. The van der Waals surface area contributed by atoms with Crippen LogP contribution in [0.4, 0.5) is 14.6 Å². The number of thioether (sulfide) groups is 2. The van der Waals surface area contributed by atoms with E-state index in [4.69, 9.17) is 4.98 Å². The number of fused-ring (bicyclic) bond motifs is 6. The zero-order chi connectivity index (χ0) is 30.7. The number of hydrogen-bond donors (Lipinski definition) is 0. The Bertz CT molecular complexity index is 1900. The van der Waals surface area contributed by atoms with Gasteiger partial charge in [0.25, 0.3) is 0 Å². The van der Waals surface area contributed by atoms with Crippen LogP contribution >= 0.6 is 23.5 Å². The third-order valence-electron chi connectivity index (χ3n) is 8.34. The summed E-state index contributed by atoms with van der Waals surface area (Å²) in [4.78, 5) is 45.8. The second-order valence-electron chi connectivity index (χ2n) is 11.4. The Kier molecular flexibility index (Phi) is 7.44. The molecule has 44 heavy (non-hydrogen) atoms. The summed E-state index contributed by atoms with van der Waals surface area (Å²) in [6.45, 7) is 8.45. The van der Waals surface area contributed by atoms with E-state index in [1.54, 1.807) is 35.0 Å². The van der Waals surface area contributed by atoms with Gasteiger partial charge in [-0.15, -0.1) is 23.5 Å².